The summed E-state index contributed by atoms with van der Waals surface area (Å²) in [5.41, 5.74) is 1.92. The molecule has 2 N–H and O–H groups in total. The predicted molar refractivity (Wildman–Crippen MR) is 133 cm³/mol. The van der Waals surface area contributed by atoms with Gasteiger partial charge in [0.2, 0.25) is 5.78 Å². The summed E-state index contributed by atoms with van der Waals surface area (Å²) in [5, 5.41) is 22.3. The Hall–Kier alpha value is -3.85. The SMILES string of the molecule is CCOc1cc(C2C(C(=O)c3sc(C)nc3C)=C(O)C(=O)N2c2cc(C)ccc2O)ccc1OC. The van der Waals surface area contributed by atoms with E-state index < -0.39 is 23.5 Å². The number of phenols is 1. The van der Waals surface area contributed by atoms with E-state index in [4.69, 9.17) is 9.47 Å². The highest BCUT2D eigenvalue weighted by Crippen LogP contribution is 2.46. The van der Waals surface area contributed by atoms with Crippen LogP contribution in [0.3, 0.4) is 0 Å². The Balaban J connectivity index is 1.95. The summed E-state index contributed by atoms with van der Waals surface area (Å²) in [6.45, 7) is 7.53. The van der Waals surface area contributed by atoms with Crippen LogP contribution in [-0.4, -0.2) is 40.6 Å². The van der Waals surface area contributed by atoms with E-state index in [1.807, 2.05) is 13.8 Å². The predicted octanol–water partition coefficient (Wildman–Crippen LogP) is 4.96. The summed E-state index contributed by atoms with van der Waals surface area (Å²) in [7, 11) is 1.52. The van der Waals surface area contributed by atoms with Crippen LogP contribution in [0.1, 0.15) is 44.5 Å². The Morgan fingerprint density at radius 3 is 2.49 bits per heavy atom. The fraction of sp³-hybridized carbons (Fsp3) is 0.269. The van der Waals surface area contributed by atoms with Crippen LogP contribution < -0.4 is 14.4 Å². The van der Waals surface area contributed by atoms with Gasteiger partial charge in [-0.2, -0.15) is 0 Å². The maximum Gasteiger partial charge on any atom is 0.294 e. The first-order valence-corrected chi connectivity index (χ1v) is 11.8. The zero-order valence-corrected chi connectivity index (χ0v) is 20.9. The van der Waals surface area contributed by atoms with Crippen molar-refractivity contribution in [2.75, 3.05) is 18.6 Å². The third-order valence-electron chi connectivity index (χ3n) is 5.76. The summed E-state index contributed by atoms with van der Waals surface area (Å²) in [5.74, 6) is -1.19. The number of aryl methyl sites for hydroxylation is 3. The zero-order valence-electron chi connectivity index (χ0n) is 20.1. The second-order valence-corrected chi connectivity index (χ2v) is 9.36. The van der Waals surface area contributed by atoms with Gasteiger partial charge in [0.15, 0.2) is 17.3 Å². The number of nitrogens with zero attached hydrogens (tertiary/aromatic N) is 2. The first-order valence-electron chi connectivity index (χ1n) is 11.0. The van der Waals surface area contributed by atoms with E-state index in [2.05, 4.69) is 4.98 Å². The van der Waals surface area contributed by atoms with E-state index >= 15 is 0 Å². The van der Waals surface area contributed by atoms with Crippen LogP contribution in [0, 0.1) is 20.8 Å². The average Bonchev–Trinajstić information content (AvgIpc) is 3.30. The fourth-order valence-electron chi connectivity index (χ4n) is 4.22. The van der Waals surface area contributed by atoms with Crippen molar-refractivity contribution < 1.29 is 29.3 Å². The van der Waals surface area contributed by atoms with Gasteiger partial charge in [0.1, 0.15) is 5.75 Å². The topological polar surface area (TPSA) is 109 Å². The van der Waals surface area contributed by atoms with Crippen LogP contribution in [0.4, 0.5) is 5.69 Å². The summed E-state index contributed by atoms with van der Waals surface area (Å²) >= 11 is 1.20. The molecule has 1 aliphatic rings. The molecule has 9 heteroatoms. The van der Waals surface area contributed by atoms with Crippen molar-refractivity contribution in [1.29, 1.82) is 0 Å². The van der Waals surface area contributed by atoms with Crippen LogP contribution in [0.5, 0.6) is 17.2 Å². The summed E-state index contributed by atoms with van der Waals surface area (Å²) < 4.78 is 11.1. The molecule has 1 amide bonds. The lowest BCUT2D eigenvalue weighted by Gasteiger charge is -2.28. The maximum atomic E-state index is 13.7. The Labute approximate surface area is 207 Å². The van der Waals surface area contributed by atoms with Gasteiger partial charge < -0.3 is 19.7 Å². The molecule has 0 radical (unpaired) electrons. The van der Waals surface area contributed by atoms with Gasteiger partial charge in [0.25, 0.3) is 5.91 Å². The Morgan fingerprint density at radius 2 is 1.86 bits per heavy atom. The summed E-state index contributed by atoms with van der Waals surface area (Å²) in [6, 6.07) is 8.86. The Kier molecular flexibility index (Phi) is 6.53. The Bertz CT molecular complexity index is 1360. The second kappa shape index (κ2) is 9.42. The number of benzene rings is 2. The molecule has 0 bridgehead atoms. The molecule has 8 nitrogen and oxygen atoms in total. The van der Waals surface area contributed by atoms with Crippen LogP contribution in [0.2, 0.25) is 0 Å². The number of hydrogen-bond acceptors (Lipinski definition) is 8. The molecule has 1 aliphatic heterocycles. The van der Waals surface area contributed by atoms with Crippen molar-refractivity contribution >= 4 is 28.7 Å². The third-order valence-corrected chi connectivity index (χ3v) is 6.83. The number of aliphatic hydroxyl groups excluding tert-OH is 1. The quantitative estimate of drug-likeness (QED) is 0.447. The van der Waals surface area contributed by atoms with Crippen LogP contribution >= 0.6 is 11.3 Å². The molecule has 0 fully saturated rings. The van der Waals surface area contributed by atoms with Crippen molar-refractivity contribution in [3.05, 3.63) is 74.4 Å². The molecule has 3 aromatic rings. The van der Waals surface area contributed by atoms with Crippen molar-refractivity contribution in [2.24, 2.45) is 0 Å². The van der Waals surface area contributed by atoms with Crippen molar-refractivity contribution in [2.45, 2.75) is 33.7 Å². The van der Waals surface area contributed by atoms with Gasteiger partial charge in [0, 0.05) is 0 Å². The molecular formula is C26H26N2O6S. The number of ketones is 1. The highest BCUT2D eigenvalue weighted by atomic mass is 32.1. The molecule has 1 atom stereocenters. The minimum atomic E-state index is -1.02. The largest absolute Gasteiger partial charge is 0.506 e. The van der Waals surface area contributed by atoms with Crippen molar-refractivity contribution in [3.63, 3.8) is 0 Å². The number of aliphatic hydroxyl groups is 1. The van der Waals surface area contributed by atoms with Crippen LogP contribution in [-0.2, 0) is 4.79 Å². The van der Waals surface area contributed by atoms with Gasteiger partial charge >= 0.3 is 0 Å². The molecule has 0 spiro atoms. The molecule has 35 heavy (non-hydrogen) atoms. The molecule has 0 saturated heterocycles. The number of thiazole rings is 1. The van der Waals surface area contributed by atoms with E-state index in [0.717, 1.165) is 5.56 Å². The van der Waals surface area contributed by atoms with Crippen LogP contribution in [0.15, 0.2) is 47.7 Å². The average molecular weight is 495 g/mol. The highest BCUT2D eigenvalue weighted by molar-refractivity contribution is 7.14. The molecule has 1 unspecified atom stereocenters. The van der Waals surface area contributed by atoms with Gasteiger partial charge in [-0.15, -0.1) is 11.3 Å². The smallest absolute Gasteiger partial charge is 0.294 e. The van der Waals surface area contributed by atoms with Crippen molar-refractivity contribution in [3.8, 4) is 17.2 Å². The first kappa shape index (κ1) is 24.3. The lowest BCUT2D eigenvalue weighted by molar-refractivity contribution is -0.117. The normalized spacial score (nSPS) is 15.6. The van der Waals surface area contributed by atoms with Gasteiger partial charge in [-0.1, -0.05) is 12.1 Å². The zero-order chi connectivity index (χ0) is 25.4. The molecule has 1 aromatic heterocycles. The van der Waals surface area contributed by atoms with E-state index in [9.17, 15) is 19.8 Å². The molecule has 4 rings (SSSR count). The molecular weight excluding hydrogens is 468 g/mol. The third kappa shape index (κ3) is 4.23. The molecule has 0 aliphatic carbocycles. The number of Topliss-reactive ketones (excluding diaryl/α,β-unsaturated/α-hetero) is 1. The number of carbonyl (C=O) groups is 2. The monoisotopic (exact) mass is 494 g/mol. The highest BCUT2D eigenvalue weighted by Gasteiger charge is 2.46. The van der Waals surface area contributed by atoms with E-state index in [1.165, 1.54) is 29.4 Å². The van der Waals surface area contributed by atoms with E-state index in [1.54, 1.807) is 44.2 Å². The van der Waals surface area contributed by atoms with Crippen molar-refractivity contribution in [1.82, 2.24) is 4.98 Å². The number of ether oxygens (including phenoxy) is 2. The van der Waals surface area contributed by atoms with E-state index in [0.29, 0.717) is 39.2 Å². The number of rotatable bonds is 7. The Morgan fingerprint density at radius 1 is 1.11 bits per heavy atom. The number of aromatic hydroxyl groups is 1. The lowest BCUT2D eigenvalue weighted by Crippen LogP contribution is -2.31. The number of carbonyl (C=O) groups excluding carboxylic acids is 2. The lowest BCUT2D eigenvalue weighted by atomic mass is 9.94. The molecule has 2 heterocycles. The van der Waals surface area contributed by atoms with Crippen LogP contribution in [0.25, 0.3) is 0 Å². The van der Waals surface area contributed by atoms with E-state index in [-0.39, 0.29) is 17.0 Å². The minimum Gasteiger partial charge on any atom is -0.506 e. The first-order chi connectivity index (χ1) is 16.7. The van der Waals surface area contributed by atoms with Gasteiger partial charge in [-0.05, 0) is 63.1 Å². The number of aromatic nitrogens is 1. The number of hydrogen-bond donors (Lipinski definition) is 2. The summed E-state index contributed by atoms with van der Waals surface area (Å²) in [4.78, 5) is 33.1. The number of anilines is 1. The number of methoxy groups -OCH3 is 1. The maximum absolute atomic E-state index is 13.7. The molecule has 182 valence electrons. The van der Waals surface area contributed by atoms with Gasteiger partial charge in [0.05, 0.1) is 46.6 Å². The molecule has 2 aromatic carbocycles. The number of amides is 1. The van der Waals surface area contributed by atoms with Gasteiger partial charge in [-0.3, -0.25) is 14.5 Å². The minimum absolute atomic E-state index is 0.0877. The number of phenolic OH excluding ortho intramolecular Hbond substituents is 1. The molecule has 0 saturated carbocycles. The summed E-state index contributed by atoms with van der Waals surface area (Å²) in [6.07, 6.45) is 0. The standard InChI is InChI=1S/C26H26N2O6S/c1-6-34-20-12-16(8-10-19(20)33-5)22-21(23(30)25-14(3)27-15(4)35-25)24(31)26(32)28(22)17-11-13(2)7-9-18(17)29/h7-12,22,29,31H,6H2,1-5H3. The fourth-order valence-corrected chi connectivity index (χ4v) is 5.10. The van der Waals surface area contributed by atoms with Gasteiger partial charge in [-0.25, -0.2) is 4.98 Å². The second-order valence-electron chi connectivity index (χ2n) is 8.15.